The fourth-order valence-corrected chi connectivity index (χ4v) is 3.74. The maximum absolute atomic E-state index is 12.7. The summed E-state index contributed by atoms with van der Waals surface area (Å²) in [5, 5.41) is 3.66. The first-order valence-corrected chi connectivity index (χ1v) is 10.2. The second-order valence-electron chi connectivity index (χ2n) is 7.84. The van der Waals surface area contributed by atoms with Crippen molar-refractivity contribution in [3.63, 3.8) is 0 Å². The average Bonchev–Trinajstić information content (AvgIpc) is 3.09. The van der Waals surface area contributed by atoms with Crippen LogP contribution in [-0.4, -0.2) is 52.4 Å². The normalized spacial score (nSPS) is 12.5. The van der Waals surface area contributed by atoms with Crippen LogP contribution in [0.2, 0.25) is 0 Å². The molecule has 4 rings (SSSR count). The summed E-state index contributed by atoms with van der Waals surface area (Å²) >= 11 is 0. The van der Waals surface area contributed by atoms with Crippen LogP contribution in [0.25, 0.3) is 33.3 Å². The Morgan fingerprint density at radius 2 is 1.94 bits per heavy atom. The van der Waals surface area contributed by atoms with Crippen LogP contribution in [0.15, 0.2) is 47.3 Å². The molecular weight excluding hydrogens is 392 g/mol. The van der Waals surface area contributed by atoms with E-state index in [1.54, 1.807) is 24.3 Å². The van der Waals surface area contributed by atoms with Crippen LogP contribution in [0.5, 0.6) is 0 Å². The van der Waals surface area contributed by atoms with Gasteiger partial charge in [-0.05, 0) is 50.8 Å². The van der Waals surface area contributed by atoms with Gasteiger partial charge < -0.3 is 25.9 Å². The molecule has 0 radical (unpaired) electrons. The number of rotatable bonds is 6. The molecule has 1 unspecified atom stereocenters. The van der Waals surface area contributed by atoms with Gasteiger partial charge in [0.15, 0.2) is 5.69 Å². The van der Waals surface area contributed by atoms with Crippen LogP contribution in [0.1, 0.15) is 23.7 Å². The topological polar surface area (TPSA) is 120 Å². The number of aromatic nitrogens is 3. The van der Waals surface area contributed by atoms with Gasteiger partial charge in [-0.2, -0.15) is 0 Å². The van der Waals surface area contributed by atoms with Gasteiger partial charge in [-0.3, -0.25) is 9.59 Å². The van der Waals surface area contributed by atoms with E-state index in [4.69, 9.17) is 5.73 Å². The number of nitrogens with zero attached hydrogens (tertiary/aromatic N) is 2. The van der Waals surface area contributed by atoms with Crippen LogP contribution in [-0.2, 0) is 0 Å². The number of nitrogens with one attached hydrogen (secondary N) is 3. The third-order valence-corrected chi connectivity index (χ3v) is 5.64. The summed E-state index contributed by atoms with van der Waals surface area (Å²) < 4.78 is 0. The van der Waals surface area contributed by atoms with Crippen LogP contribution in [0, 0.1) is 0 Å². The fraction of sp³-hybridized carbons (Fsp3) is 0.261. The van der Waals surface area contributed by atoms with E-state index in [0.29, 0.717) is 39.9 Å². The van der Waals surface area contributed by atoms with Crippen LogP contribution in [0.4, 0.5) is 5.69 Å². The van der Waals surface area contributed by atoms with E-state index >= 15 is 0 Å². The zero-order valence-electron chi connectivity index (χ0n) is 17.8. The number of H-pyrrole nitrogens is 2. The van der Waals surface area contributed by atoms with Crippen molar-refractivity contribution in [1.29, 1.82) is 0 Å². The second kappa shape index (κ2) is 8.23. The van der Waals surface area contributed by atoms with Gasteiger partial charge in [-0.25, -0.2) is 4.98 Å². The van der Waals surface area contributed by atoms with E-state index in [-0.39, 0.29) is 23.2 Å². The predicted molar refractivity (Wildman–Crippen MR) is 124 cm³/mol. The van der Waals surface area contributed by atoms with E-state index < -0.39 is 0 Å². The number of carbonyl (C=O) groups excluding carboxylic acids is 1. The molecule has 0 bridgehead atoms. The number of nitrogens with two attached hydrogens (primary N) is 1. The quantitative estimate of drug-likeness (QED) is 0.384. The molecule has 0 aliphatic rings. The number of aromatic amines is 2. The Labute approximate surface area is 179 Å². The van der Waals surface area contributed by atoms with Crippen LogP contribution < -0.4 is 16.6 Å². The number of nitrogen functional groups attached to an aromatic ring is 1. The fourth-order valence-electron chi connectivity index (χ4n) is 3.74. The van der Waals surface area contributed by atoms with E-state index in [9.17, 15) is 9.59 Å². The smallest absolute Gasteiger partial charge is 0.276 e. The summed E-state index contributed by atoms with van der Waals surface area (Å²) in [6.45, 7) is 2.65. The minimum atomic E-state index is -0.329. The zero-order chi connectivity index (χ0) is 22.1. The first kappa shape index (κ1) is 20.6. The van der Waals surface area contributed by atoms with Crippen molar-refractivity contribution >= 4 is 33.5 Å². The Bertz CT molecular complexity index is 1320. The molecule has 5 N–H and O–H groups in total. The Kier molecular flexibility index (Phi) is 5.48. The van der Waals surface area contributed by atoms with Crippen molar-refractivity contribution < 1.29 is 4.79 Å². The van der Waals surface area contributed by atoms with Gasteiger partial charge in [0.2, 0.25) is 0 Å². The van der Waals surface area contributed by atoms with Crippen molar-refractivity contribution in [3.05, 3.63) is 58.4 Å². The van der Waals surface area contributed by atoms with E-state index in [0.717, 1.165) is 11.9 Å². The van der Waals surface area contributed by atoms with Gasteiger partial charge in [-0.1, -0.05) is 19.1 Å². The van der Waals surface area contributed by atoms with Crippen LogP contribution >= 0.6 is 0 Å². The molecule has 160 valence electrons. The maximum atomic E-state index is 12.7. The number of para-hydroxylation sites is 2. The molecule has 2 aromatic heterocycles. The molecule has 8 nitrogen and oxygen atoms in total. The Morgan fingerprint density at radius 1 is 1.16 bits per heavy atom. The summed E-state index contributed by atoms with van der Waals surface area (Å²) in [4.78, 5) is 37.9. The number of amides is 1. The molecule has 1 amide bonds. The van der Waals surface area contributed by atoms with Gasteiger partial charge in [0.05, 0.1) is 22.4 Å². The molecule has 2 aromatic carbocycles. The van der Waals surface area contributed by atoms with Crippen molar-refractivity contribution in [1.82, 2.24) is 25.2 Å². The number of benzene rings is 2. The molecule has 0 saturated heterocycles. The highest BCUT2D eigenvalue weighted by Crippen LogP contribution is 2.31. The van der Waals surface area contributed by atoms with E-state index in [1.807, 2.05) is 32.3 Å². The highest BCUT2D eigenvalue weighted by Gasteiger charge is 2.18. The number of carbonyl (C=O) groups is 1. The van der Waals surface area contributed by atoms with Crippen molar-refractivity contribution in [2.75, 3.05) is 26.4 Å². The molecule has 2 heterocycles. The van der Waals surface area contributed by atoms with Crippen molar-refractivity contribution in [2.45, 2.75) is 19.4 Å². The third kappa shape index (κ3) is 3.89. The average molecular weight is 419 g/mol. The molecular formula is C23H26N6O2. The van der Waals surface area contributed by atoms with Gasteiger partial charge in [-0.15, -0.1) is 0 Å². The summed E-state index contributed by atoms with van der Waals surface area (Å²) in [7, 11) is 3.99. The predicted octanol–water partition coefficient (Wildman–Crippen LogP) is 2.72. The third-order valence-electron chi connectivity index (χ3n) is 5.64. The standard InChI is InChI=1S/C23H26N6O2/c1-4-14(29(2)3)12-25-22(30)13-9-10-16-15(11-13)19(24)20(26-16)21-23(31)28-18-8-6-5-7-17(18)27-21/h5-11,14,26H,4,12,24H2,1-3H3,(H,25,30)(H,28,31). The minimum Gasteiger partial charge on any atom is -0.396 e. The second-order valence-corrected chi connectivity index (χ2v) is 7.84. The Morgan fingerprint density at radius 3 is 2.68 bits per heavy atom. The van der Waals surface area contributed by atoms with Crippen molar-refractivity contribution in [2.24, 2.45) is 0 Å². The molecule has 0 fully saturated rings. The van der Waals surface area contributed by atoms with E-state index in [1.165, 1.54) is 0 Å². The summed E-state index contributed by atoms with van der Waals surface area (Å²) in [5.74, 6) is -0.161. The largest absolute Gasteiger partial charge is 0.396 e. The molecule has 4 aromatic rings. The maximum Gasteiger partial charge on any atom is 0.276 e. The molecule has 0 spiro atoms. The monoisotopic (exact) mass is 418 g/mol. The van der Waals surface area contributed by atoms with Gasteiger partial charge in [0.25, 0.3) is 11.5 Å². The van der Waals surface area contributed by atoms with Gasteiger partial charge >= 0.3 is 0 Å². The lowest BCUT2D eigenvalue weighted by Gasteiger charge is -2.23. The summed E-state index contributed by atoms with van der Waals surface area (Å²) in [6, 6.07) is 12.9. The lowest BCUT2D eigenvalue weighted by molar-refractivity contribution is 0.0941. The molecule has 0 saturated carbocycles. The summed E-state index contributed by atoms with van der Waals surface area (Å²) in [6.07, 6.45) is 0.938. The molecule has 1 atom stereocenters. The number of fused-ring (bicyclic) bond motifs is 2. The van der Waals surface area contributed by atoms with Gasteiger partial charge in [0.1, 0.15) is 0 Å². The Hall–Kier alpha value is -3.65. The number of anilines is 1. The molecule has 0 aliphatic carbocycles. The number of hydrogen-bond acceptors (Lipinski definition) is 5. The molecule has 31 heavy (non-hydrogen) atoms. The Balaban J connectivity index is 1.68. The number of likely N-dealkylation sites (N-methyl/N-ethyl adjacent to an activating group) is 1. The van der Waals surface area contributed by atoms with Crippen LogP contribution in [0.3, 0.4) is 0 Å². The highest BCUT2D eigenvalue weighted by molar-refractivity contribution is 6.04. The SMILES string of the molecule is CCC(CNC(=O)c1ccc2[nH]c(-c3nc4ccccc4[nH]c3=O)c(N)c2c1)N(C)C. The highest BCUT2D eigenvalue weighted by atomic mass is 16.1. The lowest BCUT2D eigenvalue weighted by Crippen LogP contribution is -2.39. The minimum absolute atomic E-state index is 0.161. The van der Waals surface area contributed by atoms with E-state index in [2.05, 4.69) is 32.1 Å². The first-order chi connectivity index (χ1) is 14.9. The number of hydrogen-bond donors (Lipinski definition) is 4. The molecule has 8 heteroatoms. The first-order valence-electron chi connectivity index (χ1n) is 10.2. The van der Waals surface area contributed by atoms with Crippen molar-refractivity contribution in [3.8, 4) is 11.4 Å². The summed E-state index contributed by atoms with van der Waals surface area (Å²) in [5.41, 5.74) is 9.67. The van der Waals surface area contributed by atoms with Gasteiger partial charge in [0, 0.05) is 29.1 Å². The zero-order valence-corrected chi connectivity index (χ0v) is 17.8. The lowest BCUT2D eigenvalue weighted by atomic mass is 10.1. The molecule has 0 aliphatic heterocycles.